The third kappa shape index (κ3) is 3.06. The first-order valence-electron chi connectivity index (χ1n) is 5.60. The summed E-state index contributed by atoms with van der Waals surface area (Å²) >= 11 is 3.38. The molecule has 0 aromatic heterocycles. The summed E-state index contributed by atoms with van der Waals surface area (Å²) in [5.74, 6) is 0.457. The molecule has 0 radical (unpaired) electrons. The van der Waals surface area contributed by atoms with E-state index in [1.54, 1.807) is 18.2 Å². The van der Waals surface area contributed by atoms with Gasteiger partial charge in [-0.15, -0.1) is 0 Å². The van der Waals surface area contributed by atoms with Gasteiger partial charge in [0.25, 0.3) is 5.91 Å². The molecule has 0 spiro atoms. The second kappa shape index (κ2) is 5.32. The van der Waals surface area contributed by atoms with Crippen LogP contribution in [0.4, 0.5) is 5.69 Å². The van der Waals surface area contributed by atoms with Gasteiger partial charge in [-0.2, -0.15) is 0 Å². The van der Waals surface area contributed by atoms with E-state index in [-0.39, 0.29) is 0 Å². The summed E-state index contributed by atoms with van der Waals surface area (Å²) in [6, 6.07) is 10.3. The molecule has 0 saturated heterocycles. The fourth-order valence-corrected chi connectivity index (χ4v) is 2.15. The Morgan fingerprint density at radius 1 is 1.16 bits per heavy atom. The minimum Gasteiger partial charge on any atom is -0.456 e. The van der Waals surface area contributed by atoms with Crippen molar-refractivity contribution in [3.05, 3.63) is 52.0 Å². The zero-order valence-corrected chi connectivity index (χ0v) is 11.9. The Hall–Kier alpha value is -2.01. The second-order valence-corrected chi connectivity index (χ2v) is 5.05. The molecular formula is C14H13BrN2O2. The predicted molar refractivity (Wildman–Crippen MR) is 78.3 cm³/mol. The number of aryl methyl sites for hydroxylation is 1. The van der Waals surface area contributed by atoms with Crippen molar-refractivity contribution in [2.24, 2.45) is 5.73 Å². The van der Waals surface area contributed by atoms with Crippen LogP contribution in [0.15, 0.2) is 40.9 Å². The van der Waals surface area contributed by atoms with E-state index in [1.807, 2.05) is 25.1 Å². The van der Waals surface area contributed by atoms with Gasteiger partial charge in [-0.05, 0) is 42.8 Å². The van der Waals surface area contributed by atoms with Crippen LogP contribution in [0, 0.1) is 6.92 Å². The van der Waals surface area contributed by atoms with Gasteiger partial charge < -0.3 is 16.2 Å². The van der Waals surface area contributed by atoms with Crippen LogP contribution < -0.4 is 16.2 Å². The molecule has 98 valence electrons. The molecular weight excluding hydrogens is 308 g/mol. The highest BCUT2D eigenvalue weighted by molar-refractivity contribution is 9.10. The molecule has 5 heteroatoms. The summed E-state index contributed by atoms with van der Waals surface area (Å²) in [7, 11) is 0. The first kappa shape index (κ1) is 13.4. The maximum atomic E-state index is 11.4. The summed E-state index contributed by atoms with van der Waals surface area (Å²) in [5.41, 5.74) is 12.8. The van der Waals surface area contributed by atoms with Crippen LogP contribution in [0.25, 0.3) is 0 Å². The molecule has 2 rings (SSSR count). The zero-order chi connectivity index (χ0) is 14.0. The first-order chi connectivity index (χ1) is 8.97. The van der Waals surface area contributed by atoms with Crippen LogP contribution in [0.5, 0.6) is 11.5 Å². The third-order valence-corrected chi connectivity index (χ3v) is 3.12. The highest BCUT2D eigenvalue weighted by Crippen LogP contribution is 2.30. The maximum Gasteiger partial charge on any atom is 0.252 e. The molecule has 1 amide bonds. The Morgan fingerprint density at radius 3 is 2.53 bits per heavy atom. The number of amides is 1. The lowest BCUT2D eigenvalue weighted by molar-refractivity contribution is 0.0998. The smallest absolute Gasteiger partial charge is 0.252 e. The summed E-state index contributed by atoms with van der Waals surface area (Å²) in [4.78, 5) is 11.4. The van der Waals surface area contributed by atoms with Gasteiger partial charge in [-0.1, -0.05) is 15.9 Å². The minimum atomic E-state index is -0.551. The van der Waals surface area contributed by atoms with E-state index < -0.39 is 5.91 Å². The molecule has 0 aliphatic carbocycles. The monoisotopic (exact) mass is 320 g/mol. The number of carbonyl (C=O) groups is 1. The zero-order valence-electron chi connectivity index (χ0n) is 10.3. The number of nitrogen functional groups attached to an aromatic ring is 1. The lowest BCUT2D eigenvalue weighted by Crippen LogP contribution is -2.12. The molecule has 2 aromatic rings. The Morgan fingerprint density at radius 2 is 1.89 bits per heavy atom. The quantitative estimate of drug-likeness (QED) is 0.852. The van der Waals surface area contributed by atoms with Crippen molar-refractivity contribution >= 4 is 27.5 Å². The van der Waals surface area contributed by atoms with Gasteiger partial charge in [0.15, 0.2) is 0 Å². The maximum absolute atomic E-state index is 11.4. The average molecular weight is 321 g/mol. The number of primary amides is 1. The SMILES string of the molecule is Cc1cc(Br)ccc1Oc1cc(N)ccc1C(N)=O. The molecule has 0 bridgehead atoms. The van der Waals surface area contributed by atoms with Crippen LogP contribution in [0.1, 0.15) is 15.9 Å². The minimum absolute atomic E-state index is 0.302. The summed E-state index contributed by atoms with van der Waals surface area (Å²) in [6.07, 6.45) is 0. The normalized spacial score (nSPS) is 10.2. The van der Waals surface area contributed by atoms with E-state index in [2.05, 4.69) is 15.9 Å². The number of anilines is 1. The Bertz CT molecular complexity index is 641. The predicted octanol–water partition coefficient (Wildman–Crippen LogP) is 3.23. The largest absolute Gasteiger partial charge is 0.456 e. The number of hydrogen-bond donors (Lipinski definition) is 2. The lowest BCUT2D eigenvalue weighted by Gasteiger charge is -2.12. The molecule has 0 atom stereocenters. The molecule has 0 heterocycles. The number of carbonyl (C=O) groups excluding carboxylic acids is 1. The van der Waals surface area contributed by atoms with Crippen molar-refractivity contribution in [3.8, 4) is 11.5 Å². The van der Waals surface area contributed by atoms with Crippen LogP contribution >= 0.6 is 15.9 Å². The Kier molecular flexibility index (Phi) is 3.76. The van der Waals surface area contributed by atoms with Crippen molar-refractivity contribution in [3.63, 3.8) is 0 Å². The van der Waals surface area contributed by atoms with Gasteiger partial charge in [0.05, 0.1) is 5.56 Å². The summed E-state index contributed by atoms with van der Waals surface area (Å²) < 4.78 is 6.69. The van der Waals surface area contributed by atoms with Crippen LogP contribution in [-0.4, -0.2) is 5.91 Å². The molecule has 0 fully saturated rings. The van der Waals surface area contributed by atoms with Gasteiger partial charge in [0.1, 0.15) is 11.5 Å². The molecule has 0 saturated carbocycles. The van der Waals surface area contributed by atoms with Crippen molar-refractivity contribution < 1.29 is 9.53 Å². The van der Waals surface area contributed by atoms with Gasteiger partial charge >= 0.3 is 0 Å². The molecule has 0 aliphatic rings. The van der Waals surface area contributed by atoms with E-state index >= 15 is 0 Å². The molecule has 2 aromatic carbocycles. The number of nitrogens with two attached hydrogens (primary N) is 2. The van der Waals surface area contributed by atoms with Crippen molar-refractivity contribution in [1.82, 2.24) is 0 Å². The standard InChI is InChI=1S/C14H13BrN2O2/c1-8-6-9(15)2-5-12(8)19-13-7-10(16)3-4-11(13)14(17)18/h2-7H,16H2,1H3,(H2,17,18). The van der Waals surface area contributed by atoms with Gasteiger partial charge in [0, 0.05) is 16.2 Å². The number of rotatable bonds is 3. The number of halogens is 1. The molecule has 0 unspecified atom stereocenters. The number of hydrogen-bond acceptors (Lipinski definition) is 3. The van der Waals surface area contributed by atoms with E-state index in [0.717, 1.165) is 10.0 Å². The van der Waals surface area contributed by atoms with E-state index in [4.69, 9.17) is 16.2 Å². The number of ether oxygens (including phenoxy) is 1. The first-order valence-corrected chi connectivity index (χ1v) is 6.40. The van der Waals surface area contributed by atoms with Gasteiger partial charge in [0.2, 0.25) is 0 Å². The van der Waals surface area contributed by atoms with Crippen LogP contribution in [-0.2, 0) is 0 Å². The Labute approximate surface area is 119 Å². The van der Waals surface area contributed by atoms with E-state index in [1.165, 1.54) is 0 Å². The van der Waals surface area contributed by atoms with Crippen molar-refractivity contribution in [2.45, 2.75) is 6.92 Å². The van der Waals surface area contributed by atoms with Crippen molar-refractivity contribution in [2.75, 3.05) is 5.73 Å². The fourth-order valence-electron chi connectivity index (χ4n) is 1.67. The van der Waals surface area contributed by atoms with Gasteiger partial charge in [-0.3, -0.25) is 4.79 Å². The fraction of sp³-hybridized carbons (Fsp3) is 0.0714. The summed E-state index contributed by atoms with van der Waals surface area (Å²) in [6.45, 7) is 1.91. The Balaban J connectivity index is 2.42. The molecule has 0 aliphatic heterocycles. The number of benzene rings is 2. The average Bonchev–Trinajstić information content (AvgIpc) is 2.32. The topological polar surface area (TPSA) is 78.3 Å². The van der Waals surface area contributed by atoms with E-state index in [9.17, 15) is 4.79 Å². The highest BCUT2D eigenvalue weighted by Gasteiger charge is 2.11. The van der Waals surface area contributed by atoms with Gasteiger partial charge in [-0.25, -0.2) is 0 Å². The summed E-state index contributed by atoms with van der Waals surface area (Å²) in [5, 5.41) is 0. The van der Waals surface area contributed by atoms with Crippen LogP contribution in [0.3, 0.4) is 0 Å². The lowest BCUT2D eigenvalue weighted by atomic mass is 10.1. The van der Waals surface area contributed by atoms with Crippen LogP contribution in [0.2, 0.25) is 0 Å². The highest BCUT2D eigenvalue weighted by atomic mass is 79.9. The third-order valence-electron chi connectivity index (χ3n) is 2.63. The molecule has 4 nitrogen and oxygen atoms in total. The van der Waals surface area contributed by atoms with E-state index in [0.29, 0.717) is 22.7 Å². The second-order valence-electron chi connectivity index (χ2n) is 4.13. The molecule has 19 heavy (non-hydrogen) atoms. The van der Waals surface area contributed by atoms with Crippen molar-refractivity contribution in [1.29, 1.82) is 0 Å². The molecule has 4 N–H and O–H groups in total.